The first-order valence-electron chi connectivity index (χ1n) is 8.30. The molecule has 0 bridgehead atoms. The minimum absolute atomic E-state index is 0.668. The fourth-order valence-electron chi connectivity index (χ4n) is 3.57. The molecule has 2 aliphatic heterocycles. The van der Waals surface area contributed by atoms with Crippen molar-refractivity contribution < 1.29 is 4.74 Å². The number of aromatic nitrogens is 1. The second kappa shape index (κ2) is 6.14. The van der Waals surface area contributed by atoms with Crippen LogP contribution in [0.5, 0.6) is 0 Å². The third-order valence-electron chi connectivity index (χ3n) is 4.87. The van der Waals surface area contributed by atoms with Gasteiger partial charge in [-0.1, -0.05) is 30.4 Å². The molecular formula is C17H23N3OS. The monoisotopic (exact) mass is 317 g/mol. The average Bonchev–Trinajstić information content (AvgIpc) is 3.21. The van der Waals surface area contributed by atoms with Crippen LogP contribution in [-0.4, -0.2) is 55.3 Å². The lowest BCUT2D eigenvalue weighted by atomic mass is 10.1. The summed E-state index contributed by atoms with van der Waals surface area (Å²) in [6.07, 6.45) is 2.30. The molecule has 0 amide bonds. The van der Waals surface area contributed by atoms with Gasteiger partial charge in [-0.3, -0.25) is 4.90 Å². The summed E-state index contributed by atoms with van der Waals surface area (Å²) in [5.74, 6) is 0. The zero-order valence-electron chi connectivity index (χ0n) is 13.1. The Hall–Kier alpha value is -1.17. The molecule has 3 heterocycles. The maximum absolute atomic E-state index is 5.47. The van der Waals surface area contributed by atoms with Gasteiger partial charge < -0.3 is 9.64 Å². The van der Waals surface area contributed by atoms with Crippen molar-refractivity contribution in [3.63, 3.8) is 0 Å². The molecule has 1 aromatic carbocycles. The van der Waals surface area contributed by atoms with E-state index in [9.17, 15) is 0 Å². The van der Waals surface area contributed by atoms with E-state index in [0.717, 1.165) is 45.8 Å². The van der Waals surface area contributed by atoms with E-state index in [1.165, 1.54) is 27.3 Å². The van der Waals surface area contributed by atoms with E-state index in [2.05, 4.69) is 34.9 Å². The number of thiazole rings is 1. The Morgan fingerprint density at radius 3 is 2.95 bits per heavy atom. The third-order valence-corrected chi connectivity index (χ3v) is 5.95. The Morgan fingerprint density at radius 2 is 2.14 bits per heavy atom. The molecular weight excluding hydrogens is 294 g/mol. The smallest absolute Gasteiger partial charge is 0.186 e. The van der Waals surface area contributed by atoms with Crippen molar-refractivity contribution in [1.29, 1.82) is 0 Å². The van der Waals surface area contributed by atoms with Crippen LogP contribution < -0.4 is 4.90 Å². The lowest BCUT2D eigenvalue weighted by Crippen LogP contribution is -2.44. The molecule has 4 nitrogen and oxygen atoms in total. The number of morpholine rings is 1. The van der Waals surface area contributed by atoms with Crippen LogP contribution in [-0.2, 0) is 11.2 Å². The second-order valence-electron chi connectivity index (χ2n) is 6.15. The van der Waals surface area contributed by atoms with E-state index >= 15 is 0 Å². The minimum Gasteiger partial charge on any atom is -0.379 e. The summed E-state index contributed by atoms with van der Waals surface area (Å²) in [7, 11) is 0. The molecule has 22 heavy (non-hydrogen) atoms. The number of anilines is 1. The zero-order valence-corrected chi connectivity index (χ0v) is 13.9. The summed E-state index contributed by atoms with van der Waals surface area (Å²) in [6, 6.07) is 7.22. The van der Waals surface area contributed by atoms with Crippen LogP contribution in [0.15, 0.2) is 18.2 Å². The highest BCUT2D eigenvalue weighted by Crippen LogP contribution is 2.33. The van der Waals surface area contributed by atoms with E-state index in [1.54, 1.807) is 0 Å². The van der Waals surface area contributed by atoms with Crippen LogP contribution in [0.1, 0.15) is 18.9 Å². The molecule has 1 unspecified atom stereocenters. The van der Waals surface area contributed by atoms with E-state index < -0.39 is 0 Å². The Labute approximate surface area is 135 Å². The van der Waals surface area contributed by atoms with Crippen molar-refractivity contribution in [2.75, 3.05) is 44.3 Å². The molecule has 5 heteroatoms. The number of ether oxygens (including phenoxy) is 1. The van der Waals surface area contributed by atoms with Gasteiger partial charge in [0.15, 0.2) is 5.13 Å². The fraction of sp³-hybridized carbons (Fsp3) is 0.588. The highest BCUT2D eigenvalue weighted by molar-refractivity contribution is 7.22. The predicted octanol–water partition coefficient (Wildman–Crippen LogP) is 2.77. The Balaban J connectivity index is 1.53. The Kier molecular flexibility index (Phi) is 4.03. The van der Waals surface area contributed by atoms with Crippen LogP contribution >= 0.6 is 11.3 Å². The van der Waals surface area contributed by atoms with Crippen molar-refractivity contribution in [2.24, 2.45) is 0 Å². The van der Waals surface area contributed by atoms with Gasteiger partial charge in [-0.2, -0.15) is 0 Å². The van der Waals surface area contributed by atoms with Gasteiger partial charge >= 0.3 is 0 Å². The van der Waals surface area contributed by atoms with Gasteiger partial charge in [0.1, 0.15) is 0 Å². The van der Waals surface area contributed by atoms with E-state index in [0.29, 0.717) is 6.04 Å². The van der Waals surface area contributed by atoms with Crippen LogP contribution in [0.25, 0.3) is 10.2 Å². The molecule has 0 saturated carbocycles. The Bertz CT molecular complexity index is 650. The van der Waals surface area contributed by atoms with Gasteiger partial charge in [-0.15, -0.1) is 0 Å². The second-order valence-corrected chi connectivity index (χ2v) is 7.16. The Morgan fingerprint density at radius 1 is 1.27 bits per heavy atom. The average molecular weight is 317 g/mol. The molecule has 2 aliphatic rings. The zero-order chi connectivity index (χ0) is 14.9. The van der Waals surface area contributed by atoms with Crippen molar-refractivity contribution in [3.8, 4) is 0 Å². The van der Waals surface area contributed by atoms with Crippen LogP contribution in [0.3, 0.4) is 0 Å². The van der Waals surface area contributed by atoms with Crippen LogP contribution in [0.4, 0.5) is 5.13 Å². The molecule has 2 fully saturated rings. The third kappa shape index (κ3) is 2.62. The number of rotatable bonds is 3. The molecule has 2 saturated heterocycles. The largest absolute Gasteiger partial charge is 0.379 e. The highest BCUT2D eigenvalue weighted by atomic mass is 32.1. The minimum atomic E-state index is 0.668. The van der Waals surface area contributed by atoms with Gasteiger partial charge in [0.2, 0.25) is 0 Å². The van der Waals surface area contributed by atoms with E-state index in [1.807, 2.05) is 11.3 Å². The number of benzene rings is 1. The van der Waals surface area contributed by atoms with Gasteiger partial charge in [0.05, 0.1) is 23.4 Å². The van der Waals surface area contributed by atoms with Crippen LogP contribution in [0.2, 0.25) is 0 Å². The predicted molar refractivity (Wildman–Crippen MR) is 92.0 cm³/mol. The van der Waals surface area contributed by atoms with Gasteiger partial charge in [0, 0.05) is 32.2 Å². The summed E-state index contributed by atoms with van der Waals surface area (Å²) in [5.41, 5.74) is 2.57. The van der Waals surface area contributed by atoms with Gasteiger partial charge in [-0.05, 0) is 24.5 Å². The number of fused-ring (bicyclic) bond motifs is 1. The summed E-state index contributed by atoms with van der Waals surface area (Å²) in [5, 5.41) is 1.20. The first-order valence-corrected chi connectivity index (χ1v) is 9.12. The summed E-state index contributed by atoms with van der Waals surface area (Å²) < 4.78 is 6.79. The molecule has 0 aliphatic carbocycles. The standard InChI is InChI=1S/C17H23N3OS/c1-2-13-4-3-5-15-16(13)18-17(22-15)20-7-6-14(12-20)19-8-10-21-11-9-19/h3-5,14H,2,6-12H2,1H3. The molecule has 118 valence electrons. The maximum Gasteiger partial charge on any atom is 0.186 e. The molecule has 2 aromatic rings. The number of para-hydroxylation sites is 1. The molecule has 0 radical (unpaired) electrons. The summed E-state index contributed by atoms with van der Waals surface area (Å²) in [6.45, 7) is 8.38. The SMILES string of the molecule is CCc1cccc2sc(N3CCC(N4CCOCC4)C3)nc12. The summed E-state index contributed by atoms with van der Waals surface area (Å²) in [4.78, 5) is 10.0. The topological polar surface area (TPSA) is 28.6 Å². The molecule has 0 spiro atoms. The van der Waals surface area contributed by atoms with Crippen molar-refractivity contribution >= 4 is 26.7 Å². The molecule has 0 N–H and O–H groups in total. The van der Waals surface area contributed by atoms with Crippen LogP contribution in [0, 0.1) is 0 Å². The first kappa shape index (κ1) is 14.4. The fourth-order valence-corrected chi connectivity index (χ4v) is 4.62. The quantitative estimate of drug-likeness (QED) is 0.870. The first-order chi connectivity index (χ1) is 10.8. The molecule has 1 atom stereocenters. The van der Waals surface area contributed by atoms with Crippen molar-refractivity contribution in [1.82, 2.24) is 9.88 Å². The lowest BCUT2D eigenvalue weighted by molar-refractivity contribution is 0.0209. The van der Waals surface area contributed by atoms with E-state index in [-0.39, 0.29) is 0 Å². The van der Waals surface area contributed by atoms with Gasteiger partial charge in [-0.25, -0.2) is 4.98 Å². The number of hydrogen-bond donors (Lipinski definition) is 0. The highest BCUT2D eigenvalue weighted by Gasteiger charge is 2.30. The number of hydrogen-bond acceptors (Lipinski definition) is 5. The molecule has 4 rings (SSSR count). The number of aryl methyl sites for hydroxylation is 1. The van der Waals surface area contributed by atoms with Crippen molar-refractivity contribution in [3.05, 3.63) is 23.8 Å². The number of nitrogens with zero attached hydrogens (tertiary/aromatic N) is 3. The van der Waals surface area contributed by atoms with Gasteiger partial charge in [0.25, 0.3) is 0 Å². The van der Waals surface area contributed by atoms with E-state index in [4.69, 9.17) is 9.72 Å². The maximum atomic E-state index is 5.47. The lowest BCUT2D eigenvalue weighted by Gasteiger charge is -2.32. The molecule has 1 aromatic heterocycles. The normalized spacial score (nSPS) is 23.5. The summed E-state index contributed by atoms with van der Waals surface area (Å²) >= 11 is 1.84. The van der Waals surface area contributed by atoms with Crippen molar-refractivity contribution in [2.45, 2.75) is 25.8 Å².